The van der Waals surface area contributed by atoms with E-state index in [4.69, 9.17) is 14.2 Å². The topological polar surface area (TPSA) is 84.4 Å². The lowest BCUT2D eigenvalue weighted by Crippen LogP contribution is -2.54. The molecule has 0 N–H and O–H groups in total. The van der Waals surface area contributed by atoms with Gasteiger partial charge >= 0.3 is 12.2 Å². The Balaban J connectivity index is 1.65. The minimum absolute atomic E-state index is 0.197. The summed E-state index contributed by atoms with van der Waals surface area (Å²) in [5, 5.41) is 0. The van der Waals surface area contributed by atoms with Crippen LogP contribution in [-0.2, 0) is 20.8 Å². The van der Waals surface area contributed by atoms with Crippen molar-refractivity contribution in [2.24, 2.45) is 0 Å². The molecule has 4 aliphatic heterocycles. The van der Waals surface area contributed by atoms with E-state index in [0.29, 0.717) is 29.4 Å². The molecule has 0 spiro atoms. The Kier molecular flexibility index (Phi) is 6.30. The van der Waals surface area contributed by atoms with Crippen LogP contribution in [0.4, 0.5) is 32.5 Å². The number of piperidine rings is 1. The van der Waals surface area contributed by atoms with E-state index in [1.807, 2.05) is 65.8 Å². The molecule has 0 saturated carbocycles. The number of nitrogens with zero attached hydrogens (tertiary/aromatic N) is 4. The highest BCUT2D eigenvalue weighted by molar-refractivity contribution is 6.05. The van der Waals surface area contributed by atoms with Crippen LogP contribution in [0, 0.1) is 0 Å². The average Bonchev–Trinajstić information content (AvgIpc) is 2.97. The fraction of sp³-hybridized carbons (Fsp3) is 0.536. The number of fused-ring (bicyclic) bond motifs is 5. The SMILES string of the molecule is CC(C)(C)OC(=O)N1Cc2cccnc2N(C(=O)OC(C)(C)C)c2ccc(N3C[C@H]4CC[C@@H]3CO4)cc21. The third-order valence-corrected chi connectivity index (χ3v) is 6.61. The summed E-state index contributed by atoms with van der Waals surface area (Å²) in [6.07, 6.45) is 2.92. The van der Waals surface area contributed by atoms with Gasteiger partial charge in [-0.05, 0) is 78.6 Å². The number of rotatable bonds is 1. The predicted octanol–water partition coefficient (Wildman–Crippen LogP) is 5.78. The van der Waals surface area contributed by atoms with E-state index in [0.717, 1.165) is 25.1 Å². The largest absolute Gasteiger partial charge is 0.443 e. The van der Waals surface area contributed by atoms with E-state index >= 15 is 0 Å². The summed E-state index contributed by atoms with van der Waals surface area (Å²) in [6, 6.07) is 9.79. The fourth-order valence-electron chi connectivity index (χ4n) is 5.06. The first-order valence-electron chi connectivity index (χ1n) is 12.9. The van der Waals surface area contributed by atoms with Gasteiger partial charge in [0.05, 0.1) is 36.7 Å². The second kappa shape index (κ2) is 9.20. The zero-order valence-corrected chi connectivity index (χ0v) is 22.5. The molecule has 2 aromatic rings. The molecular weight excluding hydrogens is 472 g/mol. The van der Waals surface area contributed by atoms with Gasteiger partial charge in [0.2, 0.25) is 0 Å². The number of hydrogen-bond donors (Lipinski definition) is 0. The average molecular weight is 509 g/mol. The van der Waals surface area contributed by atoms with E-state index in [1.54, 1.807) is 17.2 Å². The Hall–Kier alpha value is -3.33. The summed E-state index contributed by atoms with van der Waals surface area (Å²) in [7, 11) is 0. The minimum Gasteiger partial charge on any atom is -0.443 e. The minimum atomic E-state index is -0.712. The highest BCUT2D eigenvalue weighted by atomic mass is 16.6. The number of pyridine rings is 1. The van der Waals surface area contributed by atoms with Gasteiger partial charge in [0.25, 0.3) is 0 Å². The van der Waals surface area contributed by atoms with E-state index in [-0.39, 0.29) is 18.7 Å². The summed E-state index contributed by atoms with van der Waals surface area (Å²) >= 11 is 0. The summed E-state index contributed by atoms with van der Waals surface area (Å²) in [5.74, 6) is 0.433. The van der Waals surface area contributed by atoms with Crippen molar-refractivity contribution in [2.45, 2.75) is 84.3 Å². The standard InChI is InChI=1S/C28H36N4O5/c1-27(2,3)36-25(33)31-15-18-8-7-13-29-24(18)32(26(34)37-28(4,5)6)22-12-10-19(14-23(22)31)30-16-21-11-9-20(30)17-35-21/h7-8,10,12-14,20-21H,9,11,15-17H2,1-6H3/t20-,21-/m1/s1. The van der Waals surface area contributed by atoms with Crippen LogP contribution < -0.4 is 14.7 Å². The predicted molar refractivity (Wildman–Crippen MR) is 142 cm³/mol. The molecule has 1 aromatic heterocycles. The van der Waals surface area contributed by atoms with Gasteiger partial charge in [-0.15, -0.1) is 0 Å². The molecule has 0 aliphatic carbocycles. The zero-order valence-electron chi connectivity index (χ0n) is 22.5. The molecule has 5 heterocycles. The van der Waals surface area contributed by atoms with Crippen LogP contribution in [0.3, 0.4) is 0 Å². The number of carbonyl (C=O) groups is 2. The van der Waals surface area contributed by atoms with Crippen molar-refractivity contribution in [3.8, 4) is 0 Å². The van der Waals surface area contributed by atoms with Crippen LogP contribution >= 0.6 is 0 Å². The first kappa shape index (κ1) is 25.3. The van der Waals surface area contributed by atoms with E-state index in [9.17, 15) is 9.59 Å². The zero-order chi connectivity index (χ0) is 26.5. The lowest BCUT2D eigenvalue weighted by atomic mass is 9.96. The number of morpholine rings is 1. The summed E-state index contributed by atoms with van der Waals surface area (Å²) in [5.41, 5.74) is 1.37. The Morgan fingerprint density at radius 1 is 0.973 bits per heavy atom. The van der Waals surface area contributed by atoms with Gasteiger partial charge in [0.1, 0.15) is 17.0 Å². The molecule has 3 saturated heterocycles. The highest BCUT2D eigenvalue weighted by Gasteiger charge is 2.39. The number of carbonyl (C=O) groups excluding carboxylic acids is 2. The van der Waals surface area contributed by atoms with E-state index in [2.05, 4.69) is 9.88 Å². The molecule has 198 valence electrons. The maximum atomic E-state index is 13.6. The van der Waals surface area contributed by atoms with Crippen molar-refractivity contribution in [1.29, 1.82) is 0 Å². The monoisotopic (exact) mass is 508 g/mol. The fourth-order valence-corrected chi connectivity index (χ4v) is 5.06. The number of benzene rings is 1. The Bertz CT molecular complexity index is 1190. The van der Waals surface area contributed by atoms with Crippen molar-refractivity contribution < 1.29 is 23.8 Å². The molecule has 0 unspecified atom stereocenters. The molecule has 3 fully saturated rings. The van der Waals surface area contributed by atoms with Gasteiger partial charge in [-0.2, -0.15) is 0 Å². The van der Waals surface area contributed by atoms with Crippen LogP contribution in [0.2, 0.25) is 0 Å². The number of hydrogen-bond acceptors (Lipinski definition) is 7. The molecule has 0 radical (unpaired) electrons. The third-order valence-electron chi connectivity index (χ3n) is 6.61. The van der Waals surface area contributed by atoms with Crippen molar-refractivity contribution in [3.05, 3.63) is 42.1 Å². The lowest BCUT2D eigenvalue weighted by molar-refractivity contribution is -0.0225. The van der Waals surface area contributed by atoms with Gasteiger partial charge in [0, 0.05) is 24.0 Å². The molecule has 2 atom stereocenters. The summed E-state index contributed by atoms with van der Waals surface area (Å²) < 4.78 is 17.5. The van der Waals surface area contributed by atoms with Gasteiger partial charge in [0.15, 0.2) is 0 Å². The number of ether oxygens (including phenoxy) is 3. The van der Waals surface area contributed by atoms with Gasteiger partial charge in [-0.3, -0.25) is 4.90 Å². The van der Waals surface area contributed by atoms with Crippen LogP contribution in [0.5, 0.6) is 0 Å². The molecule has 4 aliphatic rings. The first-order chi connectivity index (χ1) is 17.4. The van der Waals surface area contributed by atoms with Crippen molar-refractivity contribution in [1.82, 2.24) is 4.98 Å². The molecule has 6 rings (SSSR count). The number of amides is 2. The molecule has 2 bridgehead atoms. The normalized spacial score (nSPS) is 21.2. The summed E-state index contributed by atoms with van der Waals surface area (Å²) in [6.45, 7) is 12.7. The maximum absolute atomic E-state index is 13.6. The van der Waals surface area contributed by atoms with E-state index < -0.39 is 23.4 Å². The number of aromatic nitrogens is 1. The maximum Gasteiger partial charge on any atom is 0.420 e. The molecule has 9 heteroatoms. The Morgan fingerprint density at radius 2 is 1.70 bits per heavy atom. The smallest absolute Gasteiger partial charge is 0.420 e. The molecule has 1 aromatic carbocycles. The third kappa shape index (κ3) is 5.23. The van der Waals surface area contributed by atoms with Gasteiger partial charge in [-0.1, -0.05) is 6.07 Å². The van der Waals surface area contributed by atoms with Crippen LogP contribution in [-0.4, -0.2) is 53.7 Å². The second-order valence-corrected chi connectivity index (χ2v) is 11.9. The molecular formula is C28H36N4O5. The van der Waals surface area contributed by atoms with Crippen molar-refractivity contribution in [2.75, 3.05) is 27.9 Å². The van der Waals surface area contributed by atoms with Crippen molar-refractivity contribution in [3.63, 3.8) is 0 Å². The summed E-state index contributed by atoms with van der Waals surface area (Å²) in [4.78, 5) is 37.1. The molecule has 2 amide bonds. The molecule has 37 heavy (non-hydrogen) atoms. The molecule has 9 nitrogen and oxygen atoms in total. The number of anilines is 4. The highest BCUT2D eigenvalue weighted by Crippen LogP contribution is 2.44. The van der Waals surface area contributed by atoms with Gasteiger partial charge in [-0.25, -0.2) is 19.5 Å². The first-order valence-corrected chi connectivity index (χ1v) is 12.9. The van der Waals surface area contributed by atoms with Gasteiger partial charge < -0.3 is 19.1 Å². The van der Waals surface area contributed by atoms with Crippen LogP contribution in [0.25, 0.3) is 0 Å². The Morgan fingerprint density at radius 3 is 2.32 bits per heavy atom. The van der Waals surface area contributed by atoms with Crippen LogP contribution in [0.15, 0.2) is 36.5 Å². The van der Waals surface area contributed by atoms with E-state index in [1.165, 1.54) is 4.90 Å². The Labute approximate surface area is 218 Å². The second-order valence-electron chi connectivity index (χ2n) is 11.9. The lowest BCUT2D eigenvalue weighted by Gasteiger charge is -2.46. The quantitative estimate of drug-likeness (QED) is 0.483. The van der Waals surface area contributed by atoms with Crippen molar-refractivity contribution >= 4 is 35.1 Å². The van der Waals surface area contributed by atoms with Crippen LogP contribution in [0.1, 0.15) is 59.9 Å².